The Morgan fingerprint density at radius 2 is 2.20 bits per heavy atom. The Labute approximate surface area is 82.3 Å². The Bertz CT molecular complexity index is 441. The second kappa shape index (κ2) is 4.07. The number of ether oxygens (including phenoxy) is 1. The van der Waals surface area contributed by atoms with Crippen molar-refractivity contribution in [2.75, 3.05) is 7.11 Å². The van der Waals surface area contributed by atoms with Gasteiger partial charge in [0.25, 0.3) is 6.43 Å². The minimum absolute atomic E-state index is 0.499. The van der Waals surface area contributed by atoms with Crippen LogP contribution in [0.2, 0.25) is 0 Å². The van der Waals surface area contributed by atoms with Crippen LogP contribution in [0.5, 0.6) is 5.88 Å². The number of hydrogen-bond donors (Lipinski definition) is 2. The number of carboxylic acid groups (broad SMARTS) is 1. The van der Waals surface area contributed by atoms with Gasteiger partial charge in [-0.3, -0.25) is 4.79 Å². The van der Waals surface area contributed by atoms with Crippen molar-refractivity contribution in [3.05, 3.63) is 27.5 Å². The van der Waals surface area contributed by atoms with E-state index in [4.69, 9.17) is 5.11 Å². The largest absolute Gasteiger partial charge is 0.482 e. The van der Waals surface area contributed by atoms with Gasteiger partial charge in [0.2, 0.25) is 5.88 Å². The van der Waals surface area contributed by atoms with E-state index in [0.29, 0.717) is 6.07 Å². The van der Waals surface area contributed by atoms with Gasteiger partial charge >= 0.3 is 5.97 Å². The first-order valence-electron chi connectivity index (χ1n) is 3.80. The van der Waals surface area contributed by atoms with Crippen LogP contribution < -0.4 is 10.2 Å². The highest BCUT2D eigenvalue weighted by molar-refractivity contribution is 5.85. The smallest absolute Gasteiger partial charge is 0.352 e. The molecule has 2 N–H and O–H groups in total. The lowest BCUT2D eigenvalue weighted by Crippen LogP contribution is -2.16. The molecule has 0 spiro atoms. The van der Waals surface area contributed by atoms with Crippen LogP contribution in [0.4, 0.5) is 8.78 Å². The maximum absolute atomic E-state index is 12.4. The van der Waals surface area contributed by atoms with Gasteiger partial charge in [-0.2, -0.15) is 0 Å². The number of carboxylic acids is 1. The zero-order valence-electron chi connectivity index (χ0n) is 7.58. The van der Waals surface area contributed by atoms with Gasteiger partial charge in [-0.25, -0.2) is 13.6 Å². The highest BCUT2D eigenvalue weighted by Gasteiger charge is 2.21. The summed E-state index contributed by atoms with van der Waals surface area (Å²) in [4.78, 5) is 23.7. The Morgan fingerprint density at radius 3 is 2.60 bits per heavy atom. The molecule has 0 aromatic carbocycles. The van der Waals surface area contributed by atoms with E-state index in [2.05, 4.69) is 9.72 Å². The number of aromatic carboxylic acids is 1. The molecule has 0 amide bonds. The van der Waals surface area contributed by atoms with E-state index >= 15 is 0 Å². The van der Waals surface area contributed by atoms with E-state index in [1.165, 1.54) is 0 Å². The molecule has 1 rings (SSSR count). The molecule has 0 radical (unpaired) electrons. The summed E-state index contributed by atoms with van der Waals surface area (Å²) < 4.78 is 29.2. The molecule has 0 fully saturated rings. The topological polar surface area (TPSA) is 79.4 Å². The third-order valence-electron chi connectivity index (χ3n) is 1.69. The number of methoxy groups -OCH3 is 1. The van der Waals surface area contributed by atoms with Gasteiger partial charge in [-0.1, -0.05) is 0 Å². The molecule has 0 saturated carbocycles. The zero-order valence-corrected chi connectivity index (χ0v) is 7.58. The van der Waals surface area contributed by atoms with Crippen LogP contribution >= 0.6 is 0 Å². The number of carbonyl (C=O) groups is 1. The Kier molecular flexibility index (Phi) is 3.03. The fourth-order valence-corrected chi connectivity index (χ4v) is 1.03. The fourth-order valence-electron chi connectivity index (χ4n) is 1.03. The van der Waals surface area contributed by atoms with E-state index in [0.717, 1.165) is 7.11 Å². The molecule has 0 aliphatic rings. The van der Waals surface area contributed by atoms with Crippen molar-refractivity contribution in [2.45, 2.75) is 6.43 Å². The van der Waals surface area contributed by atoms with Crippen LogP contribution in [-0.4, -0.2) is 23.2 Å². The third kappa shape index (κ3) is 2.12. The maximum Gasteiger partial charge on any atom is 0.352 e. The first-order valence-corrected chi connectivity index (χ1v) is 3.80. The van der Waals surface area contributed by atoms with Crippen LogP contribution in [0, 0.1) is 0 Å². The SMILES string of the molecule is COc1[nH]c(C(=O)O)cc(=O)c1C(F)F. The molecule has 1 heterocycles. The van der Waals surface area contributed by atoms with Gasteiger partial charge in [-0.15, -0.1) is 0 Å². The summed E-state index contributed by atoms with van der Waals surface area (Å²) in [6.45, 7) is 0. The highest BCUT2D eigenvalue weighted by Crippen LogP contribution is 2.23. The van der Waals surface area contributed by atoms with Gasteiger partial charge < -0.3 is 14.8 Å². The van der Waals surface area contributed by atoms with E-state index < -0.39 is 35.0 Å². The number of H-pyrrole nitrogens is 1. The lowest BCUT2D eigenvalue weighted by molar-refractivity contribution is 0.0688. The van der Waals surface area contributed by atoms with Crippen LogP contribution in [0.25, 0.3) is 0 Å². The molecule has 0 saturated heterocycles. The molecule has 0 unspecified atom stereocenters. The fraction of sp³-hybridized carbons (Fsp3) is 0.250. The Hall–Kier alpha value is -1.92. The first-order chi connectivity index (χ1) is 6.97. The van der Waals surface area contributed by atoms with Crippen LogP contribution in [0.1, 0.15) is 22.5 Å². The van der Waals surface area contributed by atoms with Gasteiger partial charge in [-0.05, 0) is 0 Å². The van der Waals surface area contributed by atoms with Gasteiger partial charge in [0.1, 0.15) is 11.3 Å². The second-order valence-corrected chi connectivity index (χ2v) is 2.60. The predicted octanol–water partition coefficient (Wildman–Crippen LogP) is 1.02. The predicted molar refractivity (Wildman–Crippen MR) is 45.5 cm³/mol. The van der Waals surface area contributed by atoms with Crippen molar-refractivity contribution in [1.29, 1.82) is 0 Å². The molecule has 0 aliphatic heterocycles. The summed E-state index contributed by atoms with van der Waals surface area (Å²) in [7, 11) is 1.06. The molecule has 0 atom stereocenters. The maximum atomic E-state index is 12.4. The highest BCUT2D eigenvalue weighted by atomic mass is 19.3. The number of aromatic amines is 1. The monoisotopic (exact) mass is 219 g/mol. The lowest BCUT2D eigenvalue weighted by atomic mass is 10.2. The molecule has 1 aromatic heterocycles. The third-order valence-corrected chi connectivity index (χ3v) is 1.69. The van der Waals surface area contributed by atoms with Crippen LogP contribution in [-0.2, 0) is 0 Å². The van der Waals surface area contributed by atoms with E-state index in [1.807, 2.05) is 0 Å². The molecule has 0 bridgehead atoms. The molecule has 15 heavy (non-hydrogen) atoms. The number of pyridine rings is 1. The summed E-state index contributed by atoms with van der Waals surface area (Å²) in [6.07, 6.45) is -3.02. The van der Waals surface area contributed by atoms with Crippen molar-refractivity contribution >= 4 is 5.97 Å². The summed E-state index contributed by atoms with van der Waals surface area (Å²) in [6, 6.07) is 0.590. The molecule has 0 aliphatic carbocycles. The van der Waals surface area contributed by atoms with E-state index in [-0.39, 0.29) is 0 Å². The molecule has 1 aromatic rings. The quantitative estimate of drug-likeness (QED) is 0.795. The van der Waals surface area contributed by atoms with Gasteiger partial charge in [0, 0.05) is 6.07 Å². The summed E-state index contributed by atoms with van der Waals surface area (Å²) in [5.74, 6) is -1.96. The van der Waals surface area contributed by atoms with E-state index in [1.54, 1.807) is 0 Å². The number of hydrogen-bond acceptors (Lipinski definition) is 3. The van der Waals surface area contributed by atoms with Gasteiger partial charge in [0.05, 0.1) is 7.11 Å². The Balaban J connectivity index is 3.44. The standard InChI is InChI=1S/C8H7F2NO4/c1-15-7-5(6(9)10)4(12)2-3(11-7)8(13)14/h2,6H,1H3,(H,11,12)(H,13,14). The minimum Gasteiger partial charge on any atom is -0.482 e. The van der Waals surface area contributed by atoms with Crippen LogP contribution in [0.3, 0.4) is 0 Å². The van der Waals surface area contributed by atoms with Crippen molar-refractivity contribution in [2.24, 2.45) is 0 Å². The first kappa shape index (κ1) is 11.2. The molecule has 82 valence electrons. The summed E-state index contributed by atoms with van der Waals surface area (Å²) >= 11 is 0. The second-order valence-electron chi connectivity index (χ2n) is 2.60. The minimum atomic E-state index is -3.02. The normalized spacial score (nSPS) is 10.4. The van der Waals surface area contributed by atoms with Crippen molar-refractivity contribution < 1.29 is 23.4 Å². The average Bonchev–Trinajstić information content (AvgIpc) is 2.15. The number of alkyl halides is 2. The Morgan fingerprint density at radius 1 is 1.60 bits per heavy atom. The number of aromatic nitrogens is 1. The number of halogens is 2. The van der Waals surface area contributed by atoms with Crippen LogP contribution in [0.15, 0.2) is 10.9 Å². The summed E-state index contributed by atoms with van der Waals surface area (Å²) in [5.41, 5.74) is -2.44. The zero-order chi connectivity index (χ0) is 11.6. The molecule has 7 heteroatoms. The van der Waals surface area contributed by atoms with Crippen molar-refractivity contribution in [3.63, 3.8) is 0 Å². The van der Waals surface area contributed by atoms with Crippen molar-refractivity contribution in [1.82, 2.24) is 4.98 Å². The molecular formula is C8H7F2NO4. The van der Waals surface area contributed by atoms with Crippen molar-refractivity contribution in [3.8, 4) is 5.88 Å². The number of nitrogens with one attached hydrogen (secondary N) is 1. The molecule has 5 nitrogen and oxygen atoms in total. The molecular weight excluding hydrogens is 212 g/mol. The van der Waals surface area contributed by atoms with Gasteiger partial charge in [0.15, 0.2) is 5.43 Å². The summed E-state index contributed by atoms with van der Waals surface area (Å²) in [5, 5.41) is 8.55. The lowest BCUT2D eigenvalue weighted by Gasteiger charge is -2.07. The average molecular weight is 219 g/mol. The van der Waals surface area contributed by atoms with E-state index in [9.17, 15) is 18.4 Å². The number of rotatable bonds is 3.